The van der Waals surface area contributed by atoms with E-state index in [0.717, 1.165) is 88.3 Å². The third kappa shape index (κ3) is 7.93. The van der Waals surface area contributed by atoms with Gasteiger partial charge in [0, 0.05) is 83.6 Å². The van der Waals surface area contributed by atoms with Gasteiger partial charge in [0.05, 0.1) is 91.0 Å². The summed E-state index contributed by atoms with van der Waals surface area (Å²) in [7, 11) is 13.4. The van der Waals surface area contributed by atoms with Gasteiger partial charge in [0.2, 0.25) is 0 Å². The van der Waals surface area contributed by atoms with Crippen LogP contribution in [0.1, 0.15) is 0 Å². The number of fused-ring (bicyclic) bond motifs is 6. The number of benzene rings is 11. The molecule has 0 saturated carbocycles. The first kappa shape index (κ1) is 49.5. The van der Waals surface area contributed by atoms with Crippen LogP contribution in [0.2, 0.25) is 0 Å². The average Bonchev–Trinajstić information content (AvgIpc) is 3.64. The van der Waals surface area contributed by atoms with E-state index in [1.165, 1.54) is 32.7 Å². The first-order valence-electron chi connectivity index (χ1n) is 26.3. The standard InChI is InChI=1S/C70H56N2O8/c1-73-47-29-43(30-48(37-47)74-2)71(44-31-49(75-3)38-50(32-44)76-4)61-27-25-59-65-55(61)21-15-23-57(65)67-63(41-17-11-9-12-18-41)68-58-24-16-22-56-62(28-26-60(66(56)58)70(68)64(69(59)67)42-19-13-10-14-20-42)72(45-33-51(77-5)39-52(34-45)78-6)46-35-53(79-7)40-54(36-46)80-8/h9-40H,1-8H3. The predicted molar refractivity (Wildman–Crippen MR) is 327 cm³/mol. The second kappa shape index (κ2) is 20.1. The highest BCUT2D eigenvalue weighted by atomic mass is 16.5. The normalized spacial score (nSPS) is 11.5. The van der Waals surface area contributed by atoms with Crippen LogP contribution in [0, 0.1) is 0 Å². The molecule has 0 spiro atoms. The van der Waals surface area contributed by atoms with Gasteiger partial charge in [0.15, 0.2) is 0 Å². The van der Waals surface area contributed by atoms with Gasteiger partial charge in [-0.05, 0) is 88.2 Å². The highest BCUT2D eigenvalue weighted by Crippen LogP contribution is 2.58. The van der Waals surface area contributed by atoms with E-state index in [1.807, 2.05) is 72.8 Å². The van der Waals surface area contributed by atoms with Crippen LogP contribution in [-0.4, -0.2) is 56.9 Å². The number of hydrogen-bond acceptors (Lipinski definition) is 10. The molecule has 80 heavy (non-hydrogen) atoms. The quantitative estimate of drug-likeness (QED) is 0.0933. The monoisotopic (exact) mass is 1050 g/mol. The zero-order valence-corrected chi connectivity index (χ0v) is 45.6. The summed E-state index contributed by atoms with van der Waals surface area (Å²) in [6.45, 7) is 0. The topological polar surface area (TPSA) is 80.3 Å². The highest BCUT2D eigenvalue weighted by Gasteiger charge is 2.31. The van der Waals surface area contributed by atoms with Gasteiger partial charge in [-0.1, -0.05) is 109 Å². The summed E-state index contributed by atoms with van der Waals surface area (Å²) in [6, 6.07) is 68.1. The number of methoxy groups -OCH3 is 8. The summed E-state index contributed by atoms with van der Waals surface area (Å²) in [5.41, 5.74) is 9.83. The molecule has 0 amide bonds. The van der Waals surface area contributed by atoms with Gasteiger partial charge in [-0.2, -0.15) is 0 Å². The smallest absolute Gasteiger partial charge is 0.124 e. The van der Waals surface area contributed by atoms with Crippen molar-refractivity contribution >= 4 is 98.8 Å². The molecule has 0 N–H and O–H groups in total. The van der Waals surface area contributed by atoms with E-state index in [1.54, 1.807) is 56.9 Å². The third-order valence-electron chi connectivity index (χ3n) is 15.6. The number of hydrogen-bond donors (Lipinski definition) is 0. The number of ether oxygens (including phenoxy) is 8. The number of rotatable bonds is 16. The minimum atomic E-state index is 0.656. The van der Waals surface area contributed by atoms with Crippen molar-refractivity contribution in [2.45, 2.75) is 0 Å². The predicted octanol–water partition coefficient (Wildman–Crippen LogP) is 17.8. The molecule has 13 rings (SSSR count). The molecule has 0 radical (unpaired) electrons. The Morgan fingerprint density at radius 1 is 0.225 bits per heavy atom. The van der Waals surface area contributed by atoms with Crippen molar-refractivity contribution < 1.29 is 37.9 Å². The first-order chi connectivity index (χ1) is 39.3. The number of anilines is 6. The summed E-state index contributed by atoms with van der Waals surface area (Å²) in [5.74, 6) is 5.25. The maximum absolute atomic E-state index is 5.90. The molecule has 0 aliphatic heterocycles. The van der Waals surface area contributed by atoms with Gasteiger partial charge in [-0.15, -0.1) is 0 Å². The minimum absolute atomic E-state index is 0.656. The summed E-state index contributed by atoms with van der Waals surface area (Å²) in [5, 5.41) is 13.8. The van der Waals surface area contributed by atoms with Crippen LogP contribution < -0.4 is 47.7 Å². The lowest BCUT2D eigenvalue weighted by Crippen LogP contribution is -2.11. The minimum Gasteiger partial charge on any atom is -0.497 e. The van der Waals surface area contributed by atoms with Crippen molar-refractivity contribution in [1.82, 2.24) is 0 Å². The maximum Gasteiger partial charge on any atom is 0.124 e. The average molecular weight is 1050 g/mol. The van der Waals surface area contributed by atoms with Crippen LogP contribution in [0.4, 0.5) is 34.1 Å². The van der Waals surface area contributed by atoms with Crippen molar-refractivity contribution in [1.29, 1.82) is 0 Å². The fourth-order valence-electron chi connectivity index (χ4n) is 12.2. The third-order valence-corrected chi connectivity index (χ3v) is 15.6. The molecule has 0 unspecified atom stereocenters. The molecule has 0 fully saturated rings. The molecule has 10 heteroatoms. The van der Waals surface area contributed by atoms with Gasteiger partial charge in [0.25, 0.3) is 0 Å². The Labute approximate surface area is 463 Å². The molecule has 13 aromatic carbocycles. The zero-order valence-electron chi connectivity index (χ0n) is 45.6. The van der Waals surface area contributed by atoms with Crippen molar-refractivity contribution in [2.24, 2.45) is 0 Å². The van der Waals surface area contributed by atoms with Crippen LogP contribution >= 0.6 is 0 Å². The van der Waals surface area contributed by atoms with E-state index in [4.69, 9.17) is 37.9 Å². The van der Waals surface area contributed by atoms with Gasteiger partial charge < -0.3 is 47.7 Å². The van der Waals surface area contributed by atoms with Gasteiger partial charge in [0.1, 0.15) is 46.0 Å². The van der Waals surface area contributed by atoms with E-state index in [2.05, 4.69) is 131 Å². The van der Waals surface area contributed by atoms with Gasteiger partial charge >= 0.3 is 0 Å². The van der Waals surface area contributed by atoms with Crippen LogP contribution in [0.3, 0.4) is 0 Å². The lowest BCUT2D eigenvalue weighted by molar-refractivity contribution is 0.393. The molecular formula is C70H56N2O8. The molecule has 0 heterocycles. The highest BCUT2D eigenvalue weighted by molar-refractivity contribution is 6.47. The summed E-state index contributed by atoms with van der Waals surface area (Å²) < 4.78 is 47.2. The van der Waals surface area contributed by atoms with Crippen LogP contribution in [-0.2, 0) is 0 Å². The molecule has 0 aliphatic carbocycles. The summed E-state index contributed by atoms with van der Waals surface area (Å²) in [6.07, 6.45) is 0. The molecule has 0 aromatic heterocycles. The van der Waals surface area contributed by atoms with Crippen LogP contribution in [0.25, 0.3) is 86.9 Å². The first-order valence-corrected chi connectivity index (χ1v) is 26.3. The van der Waals surface area contributed by atoms with Crippen molar-refractivity contribution in [3.8, 4) is 68.2 Å². The Hall–Kier alpha value is -10.1. The van der Waals surface area contributed by atoms with E-state index < -0.39 is 0 Å². The Kier molecular flexibility index (Phi) is 12.4. The number of nitrogens with zero attached hydrogens (tertiary/aromatic N) is 2. The zero-order chi connectivity index (χ0) is 54.8. The Bertz CT molecular complexity index is 3940. The molecule has 394 valence electrons. The molecule has 10 nitrogen and oxygen atoms in total. The lowest BCUT2D eigenvalue weighted by Gasteiger charge is -2.28. The molecule has 0 aliphatic rings. The van der Waals surface area contributed by atoms with Crippen LogP contribution in [0.5, 0.6) is 46.0 Å². The maximum atomic E-state index is 5.90. The fourth-order valence-corrected chi connectivity index (χ4v) is 12.2. The second-order valence-electron chi connectivity index (χ2n) is 19.7. The Balaban J connectivity index is 1.18. The fraction of sp³-hybridized carbons (Fsp3) is 0.114. The van der Waals surface area contributed by atoms with E-state index in [0.29, 0.717) is 46.0 Å². The van der Waals surface area contributed by atoms with Gasteiger partial charge in [-0.25, -0.2) is 0 Å². The van der Waals surface area contributed by atoms with E-state index >= 15 is 0 Å². The molecule has 13 aromatic rings. The molecule has 0 bridgehead atoms. The van der Waals surface area contributed by atoms with E-state index in [9.17, 15) is 0 Å². The van der Waals surface area contributed by atoms with Crippen molar-refractivity contribution in [3.63, 3.8) is 0 Å². The SMILES string of the molecule is COc1cc(OC)cc(N(c2cc(OC)cc(OC)c2)c2ccc3c4c(-c5ccccc5)c5c6ccc(N(c7cc(OC)cc(OC)c7)c7cc(OC)cc(OC)c7)c7cccc(c5c(-c5ccccc5)c4c4cccc2c43)c76)c1. The van der Waals surface area contributed by atoms with E-state index in [-0.39, 0.29) is 0 Å². The van der Waals surface area contributed by atoms with Crippen molar-refractivity contribution in [3.05, 3.63) is 194 Å². The lowest BCUT2D eigenvalue weighted by atomic mass is 9.87. The Morgan fingerprint density at radius 2 is 0.475 bits per heavy atom. The molecular weight excluding hydrogens is 997 g/mol. The summed E-state index contributed by atoms with van der Waals surface area (Å²) in [4.78, 5) is 4.47. The Morgan fingerprint density at radius 3 is 0.738 bits per heavy atom. The largest absolute Gasteiger partial charge is 0.497 e. The van der Waals surface area contributed by atoms with Crippen LogP contribution in [0.15, 0.2) is 194 Å². The molecule has 0 saturated heterocycles. The van der Waals surface area contributed by atoms with Gasteiger partial charge in [-0.3, -0.25) is 0 Å². The molecule has 0 atom stereocenters. The van der Waals surface area contributed by atoms with Crippen molar-refractivity contribution in [2.75, 3.05) is 66.7 Å². The second-order valence-corrected chi connectivity index (χ2v) is 19.7. The summed E-state index contributed by atoms with van der Waals surface area (Å²) >= 11 is 0.